The molecular weight excluding hydrogens is 186 g/mol. The Balaban J connectivity index is 1.79. The van der Waals surface area contributed by atoms with Crippen molar-refractivity contribution in [2.45, 2.75) is 32.0 Å². The van der Waals surface area contributed by atoms with Gasteiger partial charge in [0.2, 0.25) is 0 Å². The second-order valence-electron chi connectivity index (χ2n) is 3.15. The number of hydrogen-bond acceptors (Lipinski definition) is 5. The van der Waals surface area contributed by atoms with E-state index in [9.17, 15) is 0 Å². The van der Waals surface area contributed by atoms with E-state index in [0.717, 1.165) is 10.8 Å². The molecule has 0 atom stereocenters. The first-order valence-corrected chi connectivity index (χ1v) is 5.29. The summed E-state index contributed by atoms with van der Waals surface area (Å²) in [4.78, 5) is 4.22. The molecule has 1 aliphatic carbocycles. The monoisotopic (exact) mass is 199 g/mol. The van der Waals surface area contributed by atoms with Crippen molar-refractivity contribution in [3.8, 4) is 0 Å². The summed E-state index contributed by atoms with van der Waals surface area (Å²) in [6.07, 6.45) is 4.17. The maximum Gasteiger partial charge on any atom is 0.197 e. The van der Waals surface area contributed by atoms with Crippen LogP contribution in [0.2, 0.25) is 0 Å². The van der Waals surface area contributed by atoms with Gasteiger partial charge in [-0.25, -0.2) is 10.8 Å². The highest BCUT2D eigenvalue weighted by molar-refractivity contribution is 7.13. The smallest absolute Gasteiger partial charge is 0.197 e. The summed E-state index contributed by atoms with van der Waals surface area (Å²) in [5, 5.41) is 2.71. The number of hydrazine groups is 1. The quantitative estimate of drug-likeness (QED) is 0.570. The second kappa shape index (κ2) is 4.04. The van der Waals surface area contributed by atoms with Crippen LogP contribution in [0.3, 0.4) is 0 Å². The zero-order valence-corrected chi connectivity index (χ0v) is 8.14. The molecular formula is C8H13N3OS. The Morgan fingerprint density at radius 3 is 3.08 bits per heavy atom. The third-order valence-corrected chi connectivity index (χ3v) is 3.02. The largest absolute Gasteiger partial charge is 0.372 e. The Morgan fingerprint density at radius 2 is 2.54 bits per heavy atom. The first-order chi connectivity index (χ1) is 6.38. The van der Waals surface area contributed by atoms with E-state index in [0.29, 0.717) is 12.7 Å². The fourth-order valence-corrected chi connectivity index (χ4v) is 1.79. The molecule has 0 spiro atoms. The van der Waals surface area contributed by atoms with E-state index in [-0.39, 0.29) is 0 Å². The highest BCUT2D eigenvalue weighted by Gasteiger charge is 2.17. The third-order valence-electron chi connectivity index (χ3n) is 2.19. The topological polar surface area (TPSA) is 60.2 Å². The van der Waals surface area contributed by atoms with Crippen molar-refractivity contribution in [3.63, 3.8) is 0 Å². The van der Waals surface area contributed by atoms with E-state index in [1.165, 1.54) is 30.6 Å². The van der Waals surface area contributed by atoms with Gasteiger partial charge in [0.25, 0.3) is 0 Å². The van der Waals surface area contributed by atoms with E-state index in [4.69, 9.17) is 10.6 Å². The predicted octanol–water partition coefficient (Wildman–Crippen LogP) is 1.50. The number of nitrogens with zero attached hydrogens (tertiary/aromatic N) is 1. The van der Waals surface area contributed by atoms with Gasteiger partial charge in [-0.05, 0) is 19.3 Å². The Kier molecular flexibility index (Phi) is 2.77. The summed E-state index contributed by atoms with van der Waals surface area (Å²) in [6, 6.07) is 0. The summed E-state index contributed by atoms with van der Waals surface area (Å²) < 4.78 is 5.60. The molecule has 13 heavy (non-hydrogen) atoms. The van der Waals surface area contributed by atoms with Crippen molar-refractivity contribution in [1.82, 2.24) is 4.98 Å². The van der Waals surface area contributed by atoms with Gasteiger partial charge in [0.1, 0.15) is 0 Å². The molecule has 1 aromatic rings. The minimum atomic E-state index is 0.469. The molecule has 0 radical (unpaired) electrons. The first kappa shape index (κ1) is 8.93. The van der Waals surface area contributed by atoms with Crippen LogP contribution < -0.4 is 11.3 Å². The lowest BCUT2D eigenvalue weighted by atomic mass is 9.96. The molecule has 0 bridgehead atoms. The molecule has 1 aliphatic rings. The molecule has 0 saturated heterocycles. The van der Waals surface area contributed by atoms with Gasteiger partial charge in [0, 0.05) is 5.38 Å². The third kappa shape index (κ3) is 2.18. The van der Waals surface area contributed by atoms with Crippen LogP contribution in [0.4, 0.5) is 5.13 Å². The summed E-state index contributed by atoms with van der Waals surface area (Å²) in [6.45, 7) is 0.614. The lowest BCUT2D eigenvalue weighted by Gasteiger charge is -2.24. The molecule has 0 aliphatic heterocycles. The van der Waals surface area contributed by atoms with Crippen LogP contribution >= 0.6 is 11.3 Å². The normalized spacial score (nSPS) is 17.0. The van der Waals surface area contributed by atoms with Gasteiger partial charge in [0.05, 0.1) is 18.4 Å². The van der Waals surface area contributed by atoms with Gasteiger partial charge < -0.3 is 4.74 Å². The Hall–Kier alpha value is -0.650. The summed E-state index contributed by atoms with van der Waals surface area (Å²) in [7, 11) is 0. The molecule has 5 heteroatoms. The number of aromatic nitrogens is 1. The van der Waals surface area contributed by atoms with Crippen molar-refractivity contribution in [3.05, 3.63) is 11.1 Å². The van der Waals surface area contributed by atoms with Gasteiger partial charge in [-0.3, -0.25) is 5.43 Å². The zero-order chi connectivity index (χ0) is 9.10. The van der Waals surface area contributed by atoms with Gasteiger partial charge >= 0.3 is 0 Å². The van der Waals surface area contributed by atoms with Crippen LogP contribution in [-0.2, 0) is 11.3 Å². The second-order valence-corrected chi connectivity index (χ2v) is 4.01. The highest BCUT2D eigenvalue weighted by atomic mass is 32.1. The van der Waals surface area contributed by atoms with E-state index in [2.05, 4.69) is 10.4 Å². The van der Waals surface area contributed by atoms with Crippen LogP contribution in [0, 0.1) is 0 Å². The molecule has 1 saturated carbocycles. The number of ether oxygens (including phenoxy) is 1. The van der Waals surface area contributed by atoms with Gasteiger partial charge in [0.15, 0.2) is 5.13 Å². The van der Waals surface area contributed by atoms with E-state index in [1.54, 1.807) is 0 Å². The Morgan fingerprint density at radius 1 is 1.69 bits per heavy atom. The number of thiazole rings is 1. The Labute approximate surface area is 81.1 Å². The maximum absolute atomic E-state index is 5.60. The Bertz CT molecular complexity index is 272. The summed E-state index contributed by atoms with van der Waals surface area (Å²) in [5.41, 5.74) is 3.48. The summed E-state index contributed by atoms with van der Waals surface area (Å²) in [5.74, 6) is 5.21. The lowest BCUT2D eigenvalue weighted by Crippen LogP contribution is -2.21. The molecule has 4 nitrogen and oxygen atoms in total. The fourth-order valence-electron chi connectivity index (χ4n) is 1.18. The summed E-state index contributed by atoms with van der Waals surface area (Å²) >= 11 is 1.50. The molecule has 2 rings (SSSR count). The minimum absolute atomic E-state index is 0.469. The molecule has 0 unspecified atom stereocenters. The van der Waals surface area contributed by atoms with Crippen LogP contribution in [0.25, 0.3) is 0 Å². The van der Waals surface area contributed by atoms with Crippen molar-refractivity contribution < 1.29 is 4.74 Å². The van der Waals surface area contributed by atoms with Gasteiger partial charge in [-0.1, -0.05) is 0 Å². The van der Waals surface area contributed by atoms with Crippen LogP contribution in [-0.4, -0.2) is 11.1 Å². The lowest BCUT2D eigenvalue weighted by molar-refractivity contribution is -0.00985. The molecule has 72 valence electrons. The molecule has 1 aromatic heterocycles. The molecule has 0 amide bonds. The highest BCUT2D eigenvalue weighted by Crippen LogP contribution is 2.23. The van der Waals surface area contributed by atoms with Gasteiger partial charge in [-0.2, -0.15) is 0 Å². The van der Waals surface area contributed by atoms with E-state index < -0.39 is 0 Å². The minimum Gasteiger partial charge on any atom is -0.372 e. The van der Waals surface area contributed by atoms with Crippen molar-refractivity contribution >= 4 is 16.5 Å². The maximum atomic E-state index is 5.60. The van der Waals surface area contributed by atoms with Crippen LogP contribution in [0.15, 0.2) is 5.38 Å². The molecule has 1 fully saturated rings. The number of anilines is 1. The van der Waals surface area contributed by atoms with Crippen LogP contribution in [0.5, 0.6) is 0 Å². The average Bonchev–Trinajstić information content (AvgIpc) is 2.49. The van der Waals surface area contributed by atoms with Crippen LogP contribution in [0.1, 0.15) is 25.0 Å². The standard InChI is InChI=1S/C8H13N3OS/c9-11-8-10-6(5-13-8)4-12-7-2-1-3-7/h5,7H,1-4,9H2,(H,10,11). The number of nitrogen functional groups attached to an aromatic ring is 1. The number of rotatable bonds is 4. The fraction of sp³-hybridized carbons (Fsp3) is 0.625. The SMILES string of the molecule is NNc1nc(COC2CCC2)cs1. The van der Waals surface area contributed by atoms with Crippen molar-refractivity contribution in [2.75, 3.05) is 5.43 Å². The molecule has 1 heterocycles. The van der Waals surface area contributed by atoms with E-state index in [1.807, 2.05) is 5.38 Å². The molecule has 0 aromatic carbocycles. The number of nitrogens with two attached hydrogens (primary N) is 1. The van der Waals surface area contributed by atoms with Crippen molar-refractivity contribution in [2.24, 2.45) is 5.84 Å². The number of nitrogens with one attached hydrogen (secondary N) is 1. The zero-order valence-electron chi connectivity index (χ0n) is 7.32. The molecule has 3 N–H and O–H groups in total. The van der Waals surface area contributed by atoms with Gasteiger partial charge in [-0.15, -0.1) is 11.3 Å². The van der Waals surface area contributed by atoms with Crippen molar-refractivity contribution in [1.29, 1.82) is 0 Å². The van der Waals surface area contributed by atoms with E-state index >= 15 is 0 Å². The average molecular weight is 199 g/mol. The number of hydrogen-bond donors (Lipinski definition) is 2. The predicted molar refractivity (Wildman–Crippen MR) is 52.4 cm³/mol. The first-order valence-electron chi connectivity index (χ1n) is 4.41.